The zero-order chi connectivity index (χ0) is 8.32. The van der Waals surface area contributed by atoms with Gasteiger partial charge >= 0.3 is 5.97 Å². The molecule has 0 amide bonds. The minimum Gasteiger partial charge on any atom is -0.480 e. The third-order valence-corrected chi connectivity index (χ3v) is 1.70. The maximum atomic E-state index is 10.7. The summed E-state index contributed by atoms with van der Waals surface area (Å²) in [6, 6.07) is 0. The summed E-state index contributed by atoms with van der Waals surface area (Å²) in [4.78, 5) is 10.7. The molecule has 1 heterocycles. The fraction of sp³-hybridized carbons (Fsp3) is 0.571. The van der Waals surface area contributed by atoms with E-state index in [-0.39, 0.29) is 24.7 Å². The number of carboxylic acids is 1. The van der Waals surface area contributed by atoms with Gasteiger partial charge in [0.2, 0.25) is 0 Å². The second kappa shape index (κ2) is 4.18. The van der Waals surface area contributed by atoms with Crippen molar-refractivity contribution < 1.29 is 24.1 Å². The summed E-state index contributed by atoms with van der Waals surface area (Å²) in [6.07, 6.45) is 1.36. The molecule has 0 atom stereocenters. The number of ether oxygens (including phenoxy) is 2. The molecule has 0 bridgehead atoms. The standard InChI is InChI=1S/C7H10O4.FH/c1-2-7(6(8)9)3-10-5-11-4-7;/h2H,1,3-5H2,(H,8,9);1H. The van der Waals surface area contributed by atoms with Crippen LogP contribution in [0.25, 0.3) is 0 Å². The molecular weight excluding hydrogens is 167 g/mol. The van der Waals surface area contributed by atoms with E-state index in [1.165, 1.54) is 6.08 Å². The number of hydrogen-bond acceptors (Lipinski definition) is 3. The summed E-state index contributed by atoms with van der Waals surface area (Å²) in [5.41, 5.74) is -1.04. The van der Waals surface area contributed by atoms with E-state index in [0.29, 0.717) is 0 Å². The van der Waals surface area contributed by atoms with Crippen molar-refractivity contribution in [2.24, 2.45) is 5.41 Å². The number of carboxylic acid groups (broad SMARTS) is 1. The monoisotopic (exact) mass is 178 g/mol. The van der Waals surface area contributed by atoms with Gasteiger partial charge in [-0.15, -0.1) is 6.58 Å². The van der Waals surface area contributed by atoms with Crippen LogP contribution in [0, 0.1) is 5.41 Å². The average molecular weight is 178 g/mol. The normalized spacial score (nSPS) is 20.7. The molecule has 70 valence electrons. The van der Waals surface area contributed by atoms with E-state index in [4.69, 9.17) is 14.6 Å². The van der Waals surface area contributed by atoms with Crippen molar-refractivity contribution in [1.82, 2.24) is 0 Å². The third-order valence-electron chi connectivity index (χ3n) is 1.70. The predicted octanol–water partition coefficient (Wildman–Crippen LogP) is 0.400. The number of aliphatic carboxylic acids is 1. The molecule has 0 aliphatic carbocycles. The van der Waals surface area contributed by atoms with Crippen molar-refractivity contribution in [2.75, 3.05) is 20.0 Å². The number of rotatable bonds is 2. The Bertz CT molecular complexity index is 174. The summed E-state index contributed by atoms with van der Waals surface area (Å²) in [6.45, 7) is 3.90. The van der Waals surface area contributed by atoms with Crippen molar-refractivity contribution in [3.8, 4) is 0 Å². The fourth-order valence-electron chi connectivity index (χ4n) is 0.877. The molecule has 1 aliphatic rings. The maximum Gasteiger partial charge on any atom is 0.318 e. The van der Waals surface area contributed by atoms with E-state index in [0.717, 1.165) is 0 Å². The van der Waals surface area contributed by atoms with Crippen LogP contribution >= 0.6 is 0 Å². The van der Waals surface area contributed by atoms with Crippen LogP contribution in [0.3, 0.4) is 0 Å². The molecule has 4 nitrogen and oxygen atoms in total. The van der Waals surface area contributed by atoms with E-state index < -0.39 is 11.4 Å². The molecule has 1 N–H and O–H groups in total. The lowest BCUT2D eigenvalue weighted by Gasteiger charge is -2.29. The summed E-state index contributed by atoms with van der Waals surface area (Å²) >= 11 is 0. The SMILES string of the molecule is C=CC1(C(=O)O)COCOC1.F. The first-order chi connectivity index (χ1) is 5.21. The fourth-order valence-corrected chi connectivity index (χ4v) is 0.877. The van der Waals surface area contributed by atoms with Crippen LogP contribution in [0.1, 0.15) is 0 Å². The van der Waals surface area contributed by atoms with Gasteiger partial charge in [-0.25, -0.2) is 0 Å². The van der Waals surface area contributed by atoms with E-state index in [2.05, 4.69) is 6.58 Å². The minimum atomic E-state index is -1.04. The van der Waals surface area contributed by atoms with Gasteiger partial charge in [-0.1, -0.05) is 6.08 Å². The predicted molar refractivity (Wildman–Crippen MR) is 39.5 cm³/mol. The molecule has 12 heavy (non-hydrogen) atoms. The molecule has 1 saturated heterocycles. The lowest BCUT2D eigenvalue weighted by Crippen LogP contribution is -2.42. The van der Waals surface area contributed by atoms with Crippen molar-refractivity contribution in [2.45, 2.75) is 0 Å². The highest BCUT2D eigenvalue weighted by atomic mass is 19.0. The van der Waals surface area contributed by atoms with Gasteiger partial charge in [0.1, 0.15) is 12.2 Å². The van der Waals surface area contributed by atoms with Crippen LogP contribution in [0.15, 0.2) is 12.7 Å². The van der Waals surface area contributed by atoms with Crippen molar-refractivity contribution in [3.05, 3.63) is 12.7 Å². The number of halogens is 1. The molecule has 1 rings (SSSR count). The minimum absolute atomic E-state index is 0. The quantitative estimate of drug-likeness (QED) is 0.622. The van der Waals surface area contributed by atoms with E-state index in [1.807, 2.05) is 0 Å². The number of hydrogen-bond donors (Lipinski definition) is 1. The first-order valence-electron chi connectivity index (χ1n) is 3.24. The lowest BCUT2D eigenvalue weighted by atomic mass is 9.90. The van der Waals surface area contributed by atoms with Gasteiger partial charge in [0, 0.05) is 0 Å². The van der Waals surface area contributed by atoms with Crippen LogP contribution < -0.4 is 0 Å². The third kappa shape index (κ3) is 1.80. The molecule has 0 saturated carbocycles. The van der Waals surface area contributed by atoms with Gasteiger partial charge < -0.3 is 14.6 Å². The second-order valence-electron chi connectivity index (χ2n) is 2.48. The zero-order valence-electron chi connectivity index (χ0n) is 6.49. The molecule has 1 aliphatic heterocycles. The zero-order valence-corrected chi connectivity index (χ0v) is 6.49. The topological polar surface area (TPSA) is 55.8 Å². The van der Waals surface area contributed by atoms with Crippen molar-refractivity contribution in [1.29, 1.82) is 0 Å². The Labute approximate surface area is 69.1 Å². The molecule has 0 aromatic heterocycles. The van der Waals surface area contributed by atoms with Crippen LogP contribution in [-0.2, 0) is 14.3 Å². The van der Waals surface area contributed by atoms with E-state index in [1.54, 1.807) is 0 Å². The van der Waals surface area contributed by atoms with Gasteiger partial charge in [0.25, 0.3) is 0 Å². The maximum absolute atomic E-state index is 10.7. The molecule has 0 spiro atoms. The Morgan fingerprint density at radius 2 is 2.00 bits per heavy atom. The lowest BCUT2D eigenvalue weighted by molar-refractivity contribution is -0.180. The van der Waals surface area contributed by atoms with E-state index >= 15 is 0 Å². The summed E-state index contributed by atoms with van der Waals surface area (Å²) in [5.74, 6) is -0.952. The highest BCUT2D eigenvalue weighted by molar-refractivity contribution is 5.77. The molecular formula is C7H11FO4. The van der Waals surface area contributed by atoms with E-state index in [9.17, 15) is 4.79 Å². The Kier molecular flexibility index (Phi) is 3.85. The van der Waals surface area contributed by atoms with Crippen LogP contribution in [0.4, 0.5) is 4.70 Å². The van der Waals surface area contributed by atoms with Gasteiger partial charge in [0.05, 0.1) is 13.2 Å². The van der Waals surface area contributed by atoms with Crippen LogP contribution in [-0.4, -0.2) is 31.1 Å². The summed E-state index contributed by atoms with van der Waals surface area (Å²) < 4.78 is 9.73. The first-order valence-corrected chi connectivity index (χ1v) is 3.24. The van der Waals surface area contributed by atoms with Gasteiger partial charge in [-0.2, -0.15) is 0 Å². The summed E-state index contributed by atoms with van der Waals surface area (Å²) in [7, 11) is 0. The molecule has 5 heteroatoms. The second-order valence-corrected chi connectivity index (χ2v) is 2.48. The smallest absolute Gasteiger partial charge is 0.318 e. The molecule has 1 fully saturated rings. The Morgan fingerprint density at radius 3 is 2.25 bits per heavy atom. The summed E-state index contributed by atoms with van der Waals surface area (Å²) in [5, 5.41) is 8.76. The highest BCUT2D eigenvalue weighted by Gasteiger charge is 2.38. The Hall–Kier alpha value is -0.940. The highest BCUT2D eigenvalue weighted by Crippen LogP contribution is 2.23. The van der Waals surface area contributed by atoms with Crippen molar-refractivity contribution >= 4 is 5.97 Å². The largest absolute Gasteiger partial charge is 0.480 e. The number of carbonyl (C=O) groups is 1. The first kappa shape index (κ1) is 11.1. The molecule has 0 unspecified atom stereocenters. The van der Waals surface area contributed by atoms with Gasteiger partial charge in [-0.05, 0) is 0 Å². The average Bonchev–Trinajstić information content (AvgIpc) is 2.05. The molecule has 0 radical (unpaired) electrons. The van der Waals surface area contributed by atoms with Gasteiger partial charge in [0.15, 0.2) is 0 Å². The Balaban J connectivity index is 0.00000121. The van der Waals surface area contributed by atoms with Crippen molar-refractivity contribution in [3.63, 3.8) is 0 Å². The Morgan fingerprint density at radius 1 is 1.50 bits per heavy atom. The molecule has 0 aromatic rings. The molecule has 0 aromatic carbocycles. The van der Waals surface area contributed by atoms with Crippen LogP contribution in [0.2, 0.25) is 0 Å². The van der Waals surface area contributed by atoms with Crippen LogP contribution in [0.5, 0.6) is 0 Å². The van der Waals surface area contributed by atoms with Gasteiger partial charge in [-0.3, -0.25) is 9.50 Å².